The third kappa shape index (κ3) is 1.84. The van der Waals surface area contributed by atoms with Crippen LogP contribution in [0.4, 0.5) is 0 Å². The molecule has 0 amide bonds. The first-order chi connectivity index (χ1) is 7.83. The number of hydrogen-bond acceptors (Lipinski definition) is 4. The Morgan fingerprint density at radius 1 is 1.44 bits per heavy atom. The van der Waals surface area contributed by atoms with Crippen molar-refractivity contribution >= 4 is 5.78 Å². The van der Waals surface area contributed by atoms with E-state index in [2.05, 4.69) is 4.98 Å². The number of furan rings is 1. The Labute approximate surface area is 92.2 Å². The summed E-state index contributed by atoms with van der Waals surface area (Å²) in [7, 11) is 0. The Kier molecular flexibility index (Phi) is 2.79. The second-order valence-electron chi connectivity index (χ2n) is 3.19. The molecule has 0 aliphatic carbocycles. The molecule has 0 radical (unpaired) electrons. The van der Waals surface area contributed by atoms with Crippen LogP contribution in [0.5, 0.6) is 0 Å². The molecule has 2 heterocycles. The summed E-state index contributed by atoms with van der Waals surface area (Å²) >= 11 is 0. The first kappa shape index (κ1) is 10.1. The molecular weight excluding hydrogens is 204 g/mol. The zero-order valence-corrected chi connectivity index (χ0v) is 8.33. The van der Waals surface area contributed by atoms with Gasteiger partial charge in [-0.05, 0) is 23.8 Å². The van der Waals surface area contributed by atoms with Gasteiger partial charge in [-0.1, -0.05) is 6.07 Å². The standard InChI is InChI=1S/C12H8N2O2/c13-7-10(9-3-1-5-14-8-9)12(15)11-4-2-6-16-11/h1-6,8,10H. The first-order valence-electron chi connectivity index (χ1n) is 4.70. The summed E-state index contributed by atoms with van der Waals surface area (Å²) in [5.74, 6) is -1.02. The topological polar surface area (TPSA) is 66.9 Å². The summed E-state index contributed by atoms with van der Waals surface area (Å²) in [6, 6.07) is 8.50. The molecule has 2 rings (SSSR count). The van der Waals surface area contributed by atoms with Crippen molar-refractivity contribution in [3.63, 3.8) is 0 Å². The molecule has 0 aromatic carbocycles. The SMILES string of the molecule is N#CC(C(=O)c1ccco1)c1cccnc1. The quantitative estimate of drug-likeness (QED) is 0.731. The van der Waals surface area contributed by atoms with E-state index in [0.717, 1.165) is 0 Å². The Morgan fingerprint density at radius 2 is 2.31 bits per heavy atom. The molecule has 16 heavy (non-hydrogen) atoms. The summed E-state index contributed by atoms with van der Waals surface area (Å²) in [6.45, 7) is 0. The molecule has 0 spiro atoms. The maximum absolute atomic E-state index is 11.9. The van der Waals surface area contributed by atoms with Crippen molar-refractivity contribution in [1.29, 1.82) is 5.26 Å². The molecule has 0 aliphatic rings. The van der Waals surface area contributed by atoms with Crippen LogP contribution in [0.25, 0.3) is 0 Å². The fourth-order valence-corrected chi connectivity index (χ4v) is 1.39. The van der Waals surface area contributed by atoms with Gasteiger partial charge in [-0.25, -0.2) is 0 Å². The van der Waals surface area contributed by atoms with Crippen LogP contribution in [-0.2, 0) is 0 Å². The van der Waals surface area contributed by atoms with E-state index in [4.69, 9.17) is 9.68 Å². The minimum Gasteiger partial charge on any atom is -0.461 e. The highest BCUT2D eigenvalue weighted by Gasteiger charge is 2.23. The third-order valence-corrected chi connectivity index (χ3v) is 2.17. The molecule has 0 fully saturated rings. The van der Waals surface area contributed by atoms with E-state index in [1.165, 1.54) is 12.5 Å². The average Bonchev–Trinajstić information content (AvgIpc) is 2.85. The van der Waals surface area contributed by atoms with E-state index in [-0.39, 0.29) is 11.5 Å². The van der Waals surface area contributed by atoms with E-state index in [9.17, 15) is 4.79 Å². The molecule has 0 saturated heterocycles. The summed E-state index contributed by atoms with van der Waals surface area (Å²) in [6.07, 6.45) is 4.51. The van der Waals surface area contributed by atoms with Crippen LogP contribution in [0.1, 0.15) is 22.0 Å². The molecule has 4 heteroatoms. The second kappa shape index (κ2) is 4.41. The normalized spacial score (nSPS) is 11.7. The van der Waals surface area contributed by atoms with Crippen molar-refractivity contribution in [3.05, 3.63) is 54.2 Å². The lowest BCUT2D eigenvalue weighted by Crippen LogP contribution is -2.10. The van der Waals surface area contributed by atoms with Gasteiger partial charge in [-0.2, -0.15) is 5.26 Å². The molecule has 4 nitrogen and oxygen atoms in total. The number of ketones is 1. The van der Waals surface area contributed by atoms with Gasteiger partial charge < -0.3 is 4.42 Å². The van der Waals surface area contributed by atoms with E-state index in [0.29, 0.717) is 5.56 Å². The van der Waals surface area contributed by atoms with Gasteiger partial charge in [0, 0.05) is 12.4 Å². The van der Waals surface area contributed by atoms with E-state index in [1.807, 2.05) is 6.07 Å². The molecule has 1 unspecified atom stereocenters. The predicted molar refractivity (Wildman–Crippen MR) is 55.6 cm³/mol. The fourth-order valence-electron chi connectivity index (χ4n) is 1.39. The molecule has 0 N–H and O–H groups in total. The van der Waals surface area contributed by atoms with Crippen molar-refractivity contribution in [2.24, 2.45) is 0 Å². The van der Waals surface area contributed by atoms with Gasteiger partial charge >= 0.3 is 0 Å². The Morgan fingerprint density at radius 3 is 2.88 bits per heavy atom. The van der Waals surface area contributed by atoms with Crippen LogP contribution in [-0.4, -0.2) is 10.8 Å². The van der Waals surface area contributed by atoms with Crippen LogP contribution >= 0.6 is 0 Å². The Balaban J connectivity index is 2.32. The Bertz CT molecular complexity index is 512. The van der Waals surface area contributed by atoms with E-state index >= 15 is 0 Å². The molecule has 2 aromatic rings. The van der Waals surface area contributed by atoms with Gasteiger partial charge in [-0.3, -0.25) is 9.78 Å². The second-order valence-corrected chi connectivity index (χ2v) is 3.19. The minimum absolute atomic E-state index is 0.190. The molecule has 78 valence electrons. The number of carbonyl (C=O) groups excluding carboxylic acids is 1. The highest BCUT2D eigenvalue weighted by Crippen LogP contribution is 2.19. The van der Waals surface area contributed by atoms with Crippen LogP contribution in [0.3, 0.4) is 0 Å². The number of nitriles is 1. The fraction of sp³-hybridized carbons (Fsp3) is 0.0833. The molecular formula is C12H8N2O2. The number of carbonyl (C=O) groups is 1. The number of pyridine rings is 1. The molecule has 0 aliphatic heterocycles. The average molecular weight is 212 g/mol. The summed E-state index contributed by atoms with van der Waals surface area (Å²) in [5, 5.41) is 9.01. The minimum atomic E-state index is -0.861. The van der Waals surface area contributed by atoms with Crippen molar-refractivity contribution in [1.82, 2.24) is 4.98 Å². The van der Waals surface area contributed by atoms with Crippen LogP contribution < -0.4 is 0 Å². The van der Waals surface area contributed by atoms with Gasteiger partial charge in [0.2, 0.25) is 5.78 Å². The van der Waals surface area contributed by atoms with Crippen LogP contribution in [0.2, 0.25) is 0 Å². The monoisotopic (exact) mass is 212 g/mol. The number of hydrogen-bond donors (Lipinski definition) is 0. The number of rotatable bonds is 3. The maximum atomic E-state index is 11.9. The predicted octanol–water partition coefficient (Wildman–Crippen LogP) is 2.16. The molecule has 0 saturated carbocycles. The van der Waals surface area contributed by atoms with Gasteiger partial charge in [0.1, 0.15) is 5.92 Å². The molecule has 0 bridgehead atoms. The number of aromatic nitrogens is 1. The van der Waals surface area contributed by atoms with Gasteiger partial charge in [-0.15, -0.1) is 0 Å². The van der Waals surface area contributed by atoms with Gasteiger partial charge in [0.05, 0.1) is 12.3 Å². The van der Waals surface area contributed by atoms with E-state index < -0.39 is 5.92 Å². The lowest BCUT2D eigenvalue weighted by molar-refractivity contribution is 0.0952. The smallest absolute Gasteiger partial charge is 0.219 e. The van der Waals surface area contributed by atoms with Crippen LogP contribution in [0, 0.1) is 11.3 Å². The molecule has 1 atom stereocenters. The first-order valence-corrected chi connectivity index (χ1v) is 4.70. The van der Waals surface area contributed by atoms with Crippen LogP contribution in [0.15, 0.2) is 47.3 Å². The molecule has 2 aromatic heterocycles. The highest BCUT2D eigenvalue weighted by atomic mass is 16.3. The summed E-state index contributed by atoms with van der Waals surface area (Å²) in [4.78, 5) is 15.8. The lowest BCUT2D eigenvalue weighted by atomic mass is 9.96. The van der Waals surface area contributed by atoms with Crippen molar-refractivity contribution in [2.75, 3.05) is 0 Å². The number of nitrogens with zero attached hydrogens (tertiary/aromatic N) is 2. The summed E-state index contributed by atoms with van der Waals surface area (Å²) in [5.41, 5.74) is 0.575. The third-order valence-electron chi connectivity index (χ3n) is 2.17. The van der Waals surface area contributed by atoms with Crippen molar-refractivity contribution < 1.29 is 9.21 Å². The number of Topliss-reactive ketones (excluding diaryl/α,β-unsaturated/α-hetero) is 1. The van der Waals surface area contributed by atoms with Crippen molar-refractivity contribution in [3.8, 4) is 6.07 Å². The lowest BCUT2D eigenvalue weighted by Gasteiger charge is -2.05. The van der Waals surface area contributed by atoms with Gasteiger partial charge in [0.25, 0.3) is 0 Å². The zero-order chi connectivity index (χ0) is 11.4. The highest BCUT2D eigenvalue weighted by molar-refractivity contribution is 6.00. The maximum Gasteiger partial charge on any atom is 0.219 e. The van der Waals surface area contributed by atoms with E-state index in [1.54, 1.807) is 30.5 Å². The van der Waals surface area contributed by atoms with Crippen molar-refractivity contribution in [2.45, 2.75) is 5.92 Å². The summed E-state index contributed by atoms with van der Waals surface area (Å²) < 4.78 is 4.98. The van der Waals surface area contributed by atoms with Gasteiger partial charge in [0.15, 0.2) is 5.76 Å². The Hall–Kier alpha value is -2.41. The zero-order valence-electron chi connectivity index (χ0n) is 8.33. The largest absolute Gasteiger partial charge is 0.461 e.